The zero-order chi connectivity index (χ0) is 13.9. The van der Waals surface area contributed by atoms with Gasteiger partial charge in [0.05, 0.1) is 5.01 Å². The van der Waals surface area contributed by atoms with Crippen LogP contribution in [0.3, 0.4) is 0 Å². The van der Waals surface area contributed by atoms with E-state index in [1.807, 2.05) is 12.3 Å². The van der Waals surface area contributed by atoms with Gasteiger partial charge in [-0.05, 0) is 18.6 Å². The molecule has 0 aliphatic heterocycles. The Hall–Kier alpha value is -0.800. The van der Waals surface area contributed by atoms with E-state index in [-0.39, 0.29) is 0 Å². The van der Waals surface area contributed by atoms with Crippen molar-refractivity contribution in [3.05, 3.63) is 33.1 Å². The van der Waals surface area contributed by atoms with Crippen LogP contribution in [-0.2, 0) is 23.0 Å². The van der Waals surface area contributed by atoms with E-state index in [4.69, 9.17) is 5.73 Å². The van der Waals surface area contributed by atoms with E-state index in [1.165, 1.54) is 22.7 Å². The molecule has 0 saturated carbocycles. The first-order valence-electron chi connectivity index (χ1n) is 5.70. The summed E-state index contributed by atoms with van der Waals surface area (Å²) in [7, 11) is -3.44. The molecule has 8 heteroatoms. The number of aryl methyl sites for hydroxylation is 1. The predicted octanol–water partition coefficient (Wildman–Crippen LogP) is 1.49. The Morgan fingerprint density at radius 3 is 2.84 bits per heavy atom. The third kappa shape index (κ3) is 3.61. The number of nitrogens with two attached hydrogens (primary N) is 1. The lowest BCUT2D eigenvalue weighted by Gasteiger charge is -2.02. The van der Waals surface area contributed by atoms with Gasteiger partial charge in [0, 0.05) is 36.0 Å². The zero-order valence-corrected chi connectivity index (χ0v) is 12.9. The average molecular weight is 317 g/mol. The maximum absolute atomic E-state index is 12.1. The molecule has 19 heavy (non-hydrogen) atoms. The van der Waals surface area contributed by atoms with Crippen LogP contribution in [0.2, 0.25) is 0 Å². The highest BCUT2D eigenvalue weighted by Gasteiger charge is 2.18. The Bertz CT molecular complexity index is 632. The molecule has 5 nitrogen and oxygen atoms in total. The highest BCUT2D eigenvalue weighted by molar-refractivity contribution is 7.91. The van der Waals surface area contributed by atoms with Gasteiger partial charge in [0.15, 0.2) is 0 Å². The molecule has 0 unspecified atom stereocenters. The number of hydrogen-bond acceptors (Lipinski definition) is 6. The van der Waals surface area contributed by atoms with Crippen LogP contribution >= 0.6 is 22.7 Å². The highest BCUT2D eigenvalue weighted by Crippen LogP contribution is 2.25. The predicted molar refractivity (Wildman–Crippen MR) is 78.0 cm³/mol. The number of aromatic nitrogens is 1. The van der Waals surface area contributed by atoms with Crippen molar-refractivity contribution in [1.82, 2.24) is 9.71 Å². The summed E-state index contributed by atoms with van der Waals surface area (Å²) in [4.78, 5) is 5.01. The van der Waals surface area contributed by atoms with E-state index in [0.29, 0.717) is 23.7 Å². The summed E-state index contributed by atoms with van der Waals surface area (Å²) in [6, 6.07) is 1.67. The molecule has 2 rings (SSSR count). The number of sulfonamides is 1. The number of nitrogens with one attached hydrogen (secondary N) is 1. The molecule has 104 valence electrons. The van der Waals surface area contributed by atoms with Gasteiger partial charge in [0.1, 0.15) is 4.21 Å². The fraction of sp³-hybridized carbons (Fsp3) is 0.364. The molecule has 0 bridgehead atoms. The molecule has 0 aromatic carbocycles. The molecule has 0 aliphatic carbocycles. The van der Waals surface area contributed by atoms with E-state index in [9.17, 15) is 8.42 Å². The molecule has 3 N–H and O–H groups in total. The van der Waals surface area contributed by atoms with Crippen LogP contribution in [-0.4, -0.2) is 19.9 Å². The summed E-state index contributed by atoms with van der Waals surface area (Å²) >= 11 is 2.75. The van der Waals surface area contributed by atoms with Crippen molar-refractivity contribution in [3.8, 4) is 0 Å². The summed E-state index contributed by atoms with van der Waals surface area (Å²) < 4.78 is 27.1. The maximum Gasteiger partial charge on any atom is 0.250 e. The van der Waals surface area contributed by atoms with Crippen LogP contribution in [0.15, 0.2) is 21.9 Å². The Kier molecular flexibility index (Phi) is 4.69. The summed E-state index contributed by atoms with van der Waals surface area (Å²) in [5, 5.41) is 2.80. The molecule has 2 heterocycles. The molecule has 0 radical (unpaired) electrons. The Morgan fingerprint density at radius 1 is 1.47 bits per heavy atom. The summed E-state index contributed by atoms with van der Waals surface area (Å²) in [6.45, 7) is 2.59. The van der Waals surface area contributed by atoms with E-state index in [2.05, 4.69) is 9.71 Å². The first-order valence-corrected chi connectivity index (χ1v) is 8.88. The minimum Gasteiger partial charge on any atom is -0.326 e. The average Bonchev–Trinajstić information content (AvgIpc) is 2.98. The van der Waals surface area contributed by atoms with Crippen molar-refractivity contribution in [3.63, 3.8) is 0 Å². The molecule has 2 aromatic heterocycles. The Labute approximate surface area is 120 Å². The highest BCUT2D eigenvalue weighted by atomic mass is 32.2. The fourth-order valence-electron chi connectivity index (χ4n) is 1.56. The smallest absolute Gasteiger partial charge is 0.250 e. The van der Waals surface area contributed by atoms with Crippen LogP contribution in [0.4, 0.5) is 0 Å². The molecular weight excluding hydrogens is 302 g/mol. The lowest BCUT2D eigenvalue weighted by atomic mass is 10.3. The molecule has 0 saturated heterocycles. The van der Waals surface area contributed by atoms with E-state index >= 15 is 0 Å². The van der Waals surface area contributed by atoms with Gasteiger partial charge in [-0.2, -0.15) is 0 Å². The fourth-order valence-corrected chi connectivity index (χ4v) is 4.73. The van der Waals surface area contributed by atoms with E-state index in [1.54, 1.807) is 12.3 Å². The Balaban J connectivity index is 2.01. The second-order valence-electron chi connectivity index (χ2n) is 3.95. The first-order chi connectivity index (χ1) is 9.03. The SMILES string of the molecule is Cc1cc(S(=O)(=O)NCCc2nccs2)sc1CN. The lowest BCUT2D eigenvalue weighted by molar-refractivity contribution is 0.583. The topological polar surface area (TPSA) is 85.1 Å². The van der Waals surface area contributed by atoms with Gasteiger partial charge in [0.2, 0.25) is 10.0 Å². The minimum atomic E-state index is -3.44. The van der Waals surface area contributed by atoms with Gasteiger partial charge in [-0.15, -0.1) is 22.7 Å². The molecule has 0 fully saturated rings. The molecule has 0 spiro atoms. The van der Waals surface area contributed by atoms with Gasteiger partial charge in [-0.1, -0.05) is 0 Å². The van der Waals surface area contributed by atoms with Gasteiger partial charge in [-0.3, -0.25) is 0 Å². The van der Waals surface area contributed by atoms with Crippen LogP contribution in [0.25, 0.3) is 0 Å². The van der Waals surface area contributed by atoms with Gasteiger partial charge in [-0.25, -0.2) is 18.1 Å². The quantitative estimate of drug-likeness (QED) is 0.845. The third-order valence-corrected chi connectivity index (χ3v) is 6.60. The van der Waals surface area contributed by atoms with Crippen molar-refractivity contribution < 1.29 is 8.42 Å². The van der Waals surface area contributed by atoms with Crippen molar-refractivity contribution in [1.29, 1.82) is 0 Å². The number of thiophene rings is 1. The molecule has 2 aromatic rings. The van der Waals surface area contributed by atoms with Crippen molar-refractivity contribution in [2.75, 3.05) is 6.54 Å². The maximum atomic E-state index is 12.1. The van der Waals surface area contributed by atoms with Crippen molar-refractivity contribution in [2.45, 2.75) is 24.1 Å². The summed E-state index contributed by atoms with van der Waals surface area (Å²) in [6.07, 6.45) is 2.32. The van der Waals surface area contributed by atoms with Crippen molar-refractivity contribution >= 4 is 32.7 Å². The first kappa shape index (κ1) is 14.6. The lowest BCUT2D eigenvalue weighted by Crippen LogP contribution is -2.25. The number of rotatable bonds is 6. The summed E-state index contributed by atoms with van der Waals surface area (Å²) in [5.41, 5.74) is 6.48. The standard InChI is InChI=1S/C11H15N3O2S3/c1-8-6-11(18-9(8)7-12)19(15,16)14-3-2-10-13-4-5-17-10/h4-6,14H,2-3,7,12H2,1H3. The normalized spacial score (nSPS) is 11.9. The second kappa shape index (κ2) is 6.10. The molecule has 0 atom stereocenters. The molecular formula is C11H15N3O2S3. The zero-order valence-electron chi connectivity index (χ0n) is 10.4. The van der Waals surface area contributed by atoms with Gasteiger partial charge < -0.3 is 5.73 Å². The molecule has 0 amide bonds. The van der Waals surface area contributed by atoms with Crippen LogP contribution in [0.1, 0.15) is 15.4 Å². The van der Waals surface area contributed by atoms with Gasteiger partial charge >= 0.3 is 0 Å². The Morgan fingerprint density at radius 2 is 2.26 bits per heavy atom. The largest absolute Gasteiger partial charge is 0.326 e. The number of hydrogen-bond donors (Lipinski definition) is 2. The number of nitrogens with zero attached hydrogens (tertiary/aromatic N) is 1. The van der Waals surface area contributed by atoms with Crippen LogP contribution in [0.5, 0.6) is 0 Å². The van der Waals surface area contributed by atoms with E-state index in [0.717, 1.165) is 15.4 Å². The summed E-state index contributed by atoms with van der Waals surface area (Å²) in [5.74, 6) is 0. The second-order valence-corrected chi connectivity index (χ2v) is 8.06. The van der Waals surface area contributed by atoms with Crippen molar-refractivity contribution in [2.24, 2.45) is 5.73 Å². The molecule has 0 aliphatic rings. The third-order valence-electron chi connectivity index (χ3n) is 2.56. The van der Waals surface area contributed by atoms with E-state index < -0.39 is 10.0 Å². The van der Waals surface area contributed by atoms with Gasteiger partial charge in [0.25, 0.3) is 0 Å². The monoisotopic (exact) mass is 317 g/mol. The van der Waals surface area contributed by atoms with Crippen LogP contribution < -0.4 is 10.5 Å². The van der Waals surface area contributed by atoms with Crippen LogP contribution in [0, 0.1) is 6.92 Å². The minimum absolute atomic E-state index is 0.324. The number of thiazole rings is 1.